The van der Waals surface area contributed by atoms with Crippen LogP contribution in [-0.4, -0.2) is 42.0 Å². The number of nitrogens with one attached hydrogen (secondary N) is 2. The summed E-state index contributed by atoms with van der Waals surface area (Å²) in [5.74, 6) is 0.466. The fraction of sp³-hybridized carbons (Fsp3) is 0.529. The van der Waals surface area contributed by atoms with Gasteiger partial charge in [0.15, 0.2) is 0 Å². The standard InChI is InChI=1S/C17H23N3O2/c1-12(21)18-14-7-9-20(10-8-14)17(22)19-16-11-15(16)13-5-3-2-4-6-13/h2-6,14-16H,7-11H2,1H3,(H,18,21)(H,19,22)/t15-,16-/m0/s1. The normalized spacial score (nSPS) is 24.7. The highest BCUT2D eigenvalue weighted by atomic mass is 16.2. The molecule has 1 aromatic rings. The van der Waals surface area contributed by atoms with Gasteiger partial charge in [0.2, 0.25) is 5.91 Å². The minimum absolute atomic E-state index is 0.00610. The average Bonchev–Trinajstić information content (AvgIpc) is 3.27. The van der Waals surface area contributed by atoms with E-state index in [1.165, 1.54) is 12.5 Å². The first kappa shape index (κ1) is 14.9. The van der Waals surface area contributed by atoms with Crippen LogP contribution in [-0.2, 0) is 4.79 Å². The zero-order valence-corrected chi connectivity index (χ0v) is 12.9. The molecule has 3 rings (SSSR count). The van der Waals surface area contributed by atoms with Crippen LogP contribution in [0.2, 0.25) is 0 Å². The molecule has 0 aromatic heterocycles. The molecule has 5 nitrogen and oxygen atoms in total. The molecule has 5 heteroatoms. The van der Waals surface area contributed by atoms with Crippen molar-refractivity contribution in [3.63, 3.8) is 0 Å². The van der Waals surface area contributed by atoms with Crippen molar-refractivity contribution in [2.45, 2.75) is 44.2 Å². The summed E-state index contributed by atoms with van der Waals surface area (Å²) >= 11 is 0. The fourth-order valence-electron chi connectivity index (χ4n) is 3.19. The number of hydrogen-bond acceptors (Lipinski definition) is 2. The van der Waals surface area contributed by atoms with Gasteiger partial charge in [0.1, 0.15) is 0 Å². The summed E-state index contributed by atoms with van der Waals surface area (Å²) in [6, 6.07) is 10.8. The Hall–Kier alpha value is -2.04. The molecule has 0 spiro atoms. The Morgan fingerprint density at radius 3 is 2.41 bits per heavy atom. The molecular weight excluding hydrogens is 278 g/mol. The van der Waals surface area contributed by atoms with Crippen LogP contribution < -0.4 is 10.6 Å². The highest BCUT2D eigenvalue weighted by Gasteiger charge is 2.40. The van der Waals surface area contributed by atoms with E-state index in [-0.39, 0.29) is 24.0 Å². The van der Waals surface area contributed by atoms with Crippen molar-refractivity contribution in [2.75, 3.05) is 13.1 Å². The Kier molecular flexibility index (Phi) is 4.32. The van der Waals surface area contributed by atoms with Gasteiger partial charge in [0.05, 0.1) is 0 Å². The topological polar surface area (TPSA) is 61.4 Å². The lowest BCUT2D eigenvalue weighted by atomic mass is 10.1. The number of carbonyl (C=O) groups is 2. The third kappa shape index (κ3) is 3.59. The smallest absolute Gasteiger partial charge is 0.317 e. The number of carbonyl (C=O) groups excluding carboxylic acids is 2. The van der Waals surface area contributed by atoms with Crippen LogP contribution in [0.3, 0.4) is 0 Å². The van der Waals surface area contributed by atoms with Crippen LogP contribution in [0.1, 0.15) is 37.7 Å². The molecule has 0 bridgehead atoms. The van der Waals surface area contributed by atoms with E-state index < -0.39 is 0 Å². The van der Waals surface area contributed by atoms with Crippen molar-refractivity contribution in [3.05, 3.63) is 35.9 Å². The van der Waals surface area contributed by atoms with Gasteiger partial charge in [0, 0.05) is 38.0 Å². The molecule has 1 aliphatic carbocycles. The van der Waals surface area contributed by atoms with Crippen LogP contribution >= 0.6 is 0 Å². The van der Waals surface area contributed by atoms with Crippen LogP contribution in [0.5, 0.6) is 0 Å². The van der Waals surface area contributed by atoms with E-state index in [1.807, 2.05) is 23.1 Å². The van der Waals surface area contributed by atoms with Gasteiger partial charge < -0.3 is 15.5 Å². The number of benzene rings is 1. The number of amides is 3. The quantitative estimate of drug-likeness (QED) is 0.895. The molecule has 1 saturated heterocycles. The second kappa shape index (κ2) is 6.38. The van der Waals surface area contributed by atoms with Crippen molar-refractivity contribution in [1.82, 2.24) is 15.5 Å². The van der Waals surface area contributed by atoms with Gasteiger partial charge in [-0.25, -0.2) is 4.79 Å². The number of nitrogens with zero attached hydrogens (tertiary/aromatic N) is 1. The predicted molar refractivity (Wildman–Crippen MR) is 84.5 cm³/mol. The molecule has 2 N–H and O–H groups in total. The van der Waals surface area contributed by atoms with Crippen LogP contribution in [0.4, 0.5) is 4.79 Å². The predicted octanol–water partition coefficient (Wildman–Crippen LogP) is 1.85. The minimum Gasteiger partial charge on any atom is -0.353 e. The van der Waals surface area contributed by atoms with Crippen LogP contribution in [0.25, 0.3) is 0 Å². The van der Waals surface area contributed by atoms with Crippen molar-refractivity contribution in [2.24, 2.45) is 0 Å². The molecule has 1 aromatic carbocycles. The third-order valence-electron chi connectivity index (χ3n) is 4.52. The molecule has 3 amide bonds. The third-order valence-corrected chi connectivity index (χ3v) is 4.52. The lowest BCUT2D eigenvalue weighted by molar-refractivity contribution is -0.119. The first-order chi connectivity index (χ1) is 10.6. The van der Waals surface area contributed by atoms with Crippen LogP contribution in [0, 0.1) is 0 Å². The van der Waals surface area contributed by atoms with E-state index >= 15 is 0 Å². The molecule has 2 aliphatic rings. The van der Waals surface area contributed by atoms with Crippen molar-refractivity contribution in [1.29, 1.82) is 0 Å². The van der Waals surface area contributed by atoms with Crippen molar-refractivity contribution < 1.29 is 9.59 Å². The zero-order valence-electron chi connectivity index (χ0n) is 12.9. The molecule has 1 saturated carbocycles. The number of hydrogen-bond donors (Lipinski definition) is 2. The maximum atomic E-state index is 12.3. The lowest BCUT2D eigenvalue weighted by Crippen LogP contribution is -2.49. The van der Waals surface area contributed by atoms with Crippen molar-refractivity contribution in [3.8, 4) is 0 Å². The number of likely N-dealkylation sites (tertiary alicyclic amines) is 1. The minimum atomic E-state index is 0.00610. The molecule has 0 unspecified atom stereocenters. The maximum absolute atomic E-state index is 12.3. The monoisotopic (exact) mass is 301 g/mol. The molecule has 2 fully saturated rings. The molecule has 2 atom stereocenters. The average molecular weight is 301 g/mol. The Bertz CT molecular complexity index is 538. The van der Waals surface area contributed by atoms with E-state index in [2.05, 4.69) is 22.8 Å². The number of urea groups is 1. The summed E-state index contributed by atoms with van der Waals surface area (Å²) in [6.45, 7) is 2.95. The summed E-state index contributed by atoms with van der Waals surface area (Å²) in [4.78, 5) is 25.2. The first-order valence-electron chi connectivity index (χ1n) is 8.01. The van der Waals surface area contributed by atoms with E-state index in [9.17, 15) is 9.59 Å². The van der Waals surface area contributed by atoms with Gasteiger partial charge in [-0.1, -0.05) is 30.3 Å². The van der Waals surface area contributed by atoms with Gasteiger partial charge in [-0.2, -0.15) is 0 Å². The van der Waals surface area contributed by atoms with E-state index in [0.29, 0.717) is 19.0 Å². The second-order valence-electron chi connectivity index (χ2n) is 6.27. The summed E-state index contributed by atoms with van der Waals surface area (Å²) in [6.07, 6.45) is 2.69. The first-order valence-corrected chi connectivity index (χ1v) is 8.01. The highest BCUT2D eigenvalue weighted by Crippen LogP contribution is 2.40. The Morgan fingerprint density at radius 1 is 1.09 bits per heavy atom. The molecule has 118 valence electrons. The summed E-state index contributed by atoms with van der Waals surface area (Å²) in [7, 11) is 0. The van der Waals surface area contributed by atoms with Gasteiger partial charge in [-0.05, 0) is 24.8 Å². The van der Waals surface area contributed by atoms with Gasteiger partial charge >= 0.3 is 6.03 Å². The van der Waals surface area contributed by atoms with Gasteiger partial charge in [0.25, 0.3) is 0 Å². The summed E-state index contributed by atoms with van der Waals surface area (Å²) in [5, 5.41) is 6.05. The largest absolute Gasteiger partial charge is 0.353 e. The Labute approximate surface area is 131 Å². The lowest BCUT2D eigenvalue weighted by Gasteiger charge is -2.32. The zero-order chi connectivity index (χ0) is 15.5. The van der Waals surface area contributed by atoms with Crippen molar-refractivity contribution >= 4 is 11.9 Å². The summed E-state index contributed by atoms with van der Waals surface area (Å²) in [5.41, 5.74) is 1.30. The molecule has 0 radical (unpaired) electrons. The molecule has 1 aliphatic heterocycles. The van der Waals surface area contributed by atoms with E-state index in [0.717, 1.165) is 19.3 Å². The highest BCUT2D eigenvalue weighted by molar-refractivity contribution is 5.75. The SMILES string of the molecule is CC(=O)NC1CCN(C(=O)N[C@H]2C[C@H]2c2ccccc2)CC1. The molecule has 1 heterocycles. The van der Waals surface area contributed by atoms with Crippen LogP contribution in [0.15, 0.2) is 30.3 Å². The number of piperidine rings is 1. The molecule has 22 heavy (non-hydrogen) atoms. The fourth-order valence-corrected chi connectivity index (χ4v) is 3.19. The van der Waals surface area contributed by atoms with Gasteiger partial charge in [-0.15, -0.1) is 0 Å². The molecular formula is C17H23N3O2. The van der Waals surface area contributed by atoms with E-state index in [4.69, 9.17) is 0 Å². The second-order valence-corrected chi connectivity index (χ2v) is 6.27. The number of rotatable bonds is 3. The van der Waals surface area contributed by atoms with E-state index in [1.54, 1.807) is 0 Å². The Balaban J connectivity index is 1.43. The summed E-state index contributed by atoms with van der Waals surface area (Å²) < 4.78 is 0. The maximum Gasteiger partial charge on any atom is 0.317 e. The van der Waals surface area contributed by atoms with Gasteiger partial charge in [-0.3, -0.25) is 4.79 Å². The Morgan fingerprint density at radius 2 is 1.77 bits per heavy atom.